The van der Waals surface area contributed by atoms with Crippen LogP contribution in [-0.4, -0.2) is 140 Å². The topological polar surface area (TPSA) is 228 Å². The Labute approximate surface area is 527 Å². The summed E-state index contributed by atoms with van der Waals surface area (Å²) in [6.07, 6.45) is 52.8. The maximum absolute atomic E-state index is 13.4. The first-order valence-electron chi connectivity index (χ1n) is 37.3. The predicted molar refractivity (Wildman–Crippen MR) is 351 cm³/mol. The van der Waals surface area contributed by atoms with Gasteiger partial charge in [0.15, 0.2) is 12.6 Å². The molecule has 0 aromatic rings. The van der Waals surface area contributed by atoms with Crippen LogP contribution in [0.1, 0.15) is 361 Å². The Morgan fingerprint density at radius 1 is 0.372 bits per heavy atom. The molecular weight excluding hydrogens is 1090 g/mol. The molecule has 2 aliphatic rings. The van der Waals surface area contributed by atoms with Crippen LogP contribution in [0.4, 0.5) is 0 Å². The van der Waals surface area contributed by atoms with Crippen molar-refractivity contribution in [2.24, 2.45) is 0 Å². The molecule has 86 heavy (non-hydrogen) atoms. The molecule has 2 heterocycles. The van der Waals surface area contributed by atoms with Gasteiger partial charge in [0, 0.05) is 6.42 Å². The third kappa shape index (κ3) is 41.5. The van der Waals surface area contributed by atoms with Gasteiger partial charge in [-0.1, -0.05) is 341 Å². The van der Waals surface area contributed by atoms with E-state index in [9.17, 15) is 45.6 Å². The Balaban J connectivity index is 1.60. The zero-order valence-corrected chi connectivity index (χ0v) is 55.9. The summed E-state index contributed by atoms with van der Waals surface area (Å²) in [4.78, 5) is 13.4. The van der Waals surface area contributed by atoms with Crippen LogP contribution in [0, 0.1) is 0 Å². The molecule has 2 rings (SSSR count). The van der Waals surface area contributed by atoms with Gasteiger partial charge in [-0.3, -0.25) is 4.79 Å². The largest absolute Gasteiger partial charge is 0.394 e. The number of unbranched alkanes of at least 4 members (excludes halogenated alkanes) is 50. The number of hydrogen-bond donors (Lipinski definition) is 9. The minimum atomic E-state index is -1.78. The summed E-state index contributed by atoms with van der Waals surface area (Å²) in [7, 11) is 0. The van der Waals surface area contributed by atoms with Gasteiger partial charge >= 0.3 is 0 Å². The van der Waals surface area contributed by atoms with Crippen molar-refractivity contribution in [1.29, 1.82) is 0 Å². The van der Waals surface area contributed by atoms with Crippen LogP contribution in [0.3, 0.4) is 0 Å². The molecular formula is C72H141NO13. The van der Waals surface area contributed by atoms with Crippen molar-refractivity contribution < 1.29 is 64.6 Å². The highest BCUT2D eigenvalue weighted by atomic mass is 16.7. The lowest BCUT2D eigenvalue weighted by molar-refractivity contribution is -0.359. The monoisotopic (exact) mass is 1230 g/mol. The molecule has 14 heteroatoms. The van der Waals surface area contributed by atoms with Gasteiger partial charge in [0.2, 0.25) is 5.91 Å². The fraction of sp³-hybridized carbons (Fsp3) is 0.986. The lowest BCUT2D eigenvalue weighted by atomic mass is 9.97. The molecule has 0 aromatic carbocycles. The summed E-state index contributed by atoms with van der Waals surface area (Å²) < 4.78 is 22.9. The molecule has 2 aliphatic heterocycles. The van der Waals surface area contributed by atoms with Crippen LogP contribution < -0.4 is 5.32 Å². The summed E-state index contributed by atoms with van der Waals surface area (Å²) in [6, 6.07) is -0.824. The highest BCUT2D eigenvalue weighted by Crippen LogP contribution is 2.30. The molecule has 0 spiro atoms. The lowest BCUT2D eigenvalue weighted by Crippen LogP contribution is -2.65. The van der Waals surface area contributed by atoms with Gasteiger partial charge < -0.3 is 65.1 Å². The van der Waals surface area contributed by atoms with Crippen LogP contribution in [0.5, 0.6) is 0 Å². The number of carbonyl (C=O) groups excluding carboxylic acids is 1. The van der Waals surface area contributed by atoms with Gasteiger partial charge in [-0.05, 0) is 12.8 Å². The predicted octanol–water partition coefficient (Wildman–Crippen LogP) is 15.6. The average Bonchev–Trinajstić information content (AvgIpc) is 2.63. The molecule has 9 N–H and O–H groups in total. The molecule has 0 saturated carbocycles. The van der Waals surface area contributed by atoms with E-state index in [1.165, 1.54) is 283 Å². The Morgan fingerprint density at radius 2 is 0.663 bits per heavy atom. The first-order chi connectivity index (χ1) is 42.1. The highest BCUT2D eigenvalue weighted by molar-refractivity contribution is 5.76. The first kappa shape index (κ1) is 81.1. The molecule has 12 unspecified atom stereocenters. The Bertz CT molecular complexity index is 1450. The van der Waals surface area contributed by atoms with E-state index in [0.717, 1.165) is 51.4 Å². The van der Waals surface area contributed by atoms with Crippen molar-refractivity contribution in [3.05, 3.63) is 0 Å². The lowest BCUT2D eigenvalue weighted by Gasteiger charge is -2.46. The van der Waals surface area contributed by atoms with Crippen LogP contribution in [0.15, 0.2) is 0 Å². The summed E-state index contributed by atoms with van der Waals surface area (Å²) in [5.74, 6) is -0.196. The molecule has 0 radical (unpaired) electrons. The third-order valence-electron chi connectivity index (χ3n) is 18.8. The van der Waals surface area contributed by atoms with Crippen LogP contribution >= 0.6 is 0 Å². The van der Waals surface area contributed by atoms with E-state index in [-0.39, 0.29) is 12.5 Å². The maximum Gasteiger partial charge on any atom is 0.220 e. The Kier molecular flexibility index (Phi) is 54.5. The van der Waals surface area contributed by atoms with E-state index in [4.69, 9.17) is 18.9 Å². The third-order valence-corrected chi connectivity index (χ3v) is 18.8. The summed E-state index contributed by atoms with van der Waals surface area (Å²) in [5.41, 5.74) is 0. The van der Waals surface area contributed by atoms with Crippen molar-refractivity contribution in [3.63, 3.8) is 0 Å². The van der Waals surface area contributed by atoms with Crippen LogP contribution in [0.25, 0.3) is 0 Å². The molecule has 12 atom stereocenters. The van der Waals surface area contributed by atoms with Crippen molar-refractivity contribution in [3.8, 4) is 0 Å². The van der Waals surface area contributed by atoms with E-state index in [1.54, 1.807) is 0 Å². The van der Waals surface area contributed by atoms with Crippen molar-refractivity contribution in [2.45, 2.75) is 434 Å². The minimum Gasteiger partial charge on any atom is -0.394 e. The van der Waals surface area contributed by atoms with Crippen molar-refractivity contribution >= 4 is 5.91 Å². The number of aliphatic hydroxyl groups excluding tert-OH is 8. The normalized spacial score (nSPS) is 23.3. The average molecular weight is 1230 g/mol. The summed E-state index contributed by atoms with van der Waals surface area (Å²) in [5, 5.41) is 87.6. The molecule has 0 bridgehead atoms. The quantitative estimate of drug-likeness (QED) is 0.0259. The van der Waals surface area contributed by atoms with Gasteiger partial charge in [0.25, 0.3) is 0 Å². The number of ether oxygens (including phenoxy) is 4. The second-order valence-corrected chi connectivity index (χ2v) is 26.8. The Morgan fingerprint density at radius 3 is 0.988 bits per heavy atom. The fourth-order valence-corrected chi connectivity index (χ4v) is 12.9. The van der Waals surface area contributed by atoms with E-state index in [1.807, 2.05) is 0 Å². The number of rotatable bonds is 63. The Hall–Kier alpha value is -1.01. The van der Waals surface area contributed by atoms with E-state index in [2.05, 4.69) is 19.2 Å². The highest BCUT2D eigenvalue weighted by Gasteiger charge is 2.51. The number of amides is 1. The summed E-state index contributed by atoms with van der Waals surface area (Å²) >= 11 is 0. The van der Waals surface area contributed by atoms with Gasteiger partial charge in [-0.2, -0.15) is 0 Å². The molecule has 14 nitrogen and oxygen atoms in total. The van der Waals surface area contributed by atoms with Gasteiger partial charge in [-0.25, -0.2) is 0 Å². The SMILES string of the molecule is CCCCCCCCCCCCCCCCCCCCCCCCCCCCCCCCCCCC(=O)NC(COC1OC(CO)C(OC2OC(CO)C(O)C(O)C2O)C(O)C1O)C(O)CCCCCCCCCCCCCCCCCCCCC. The molecule has 0 aliphatic carbocycles. The molecule has 2 saturated heterocycles. The van der Waals surface area contributed by atoms with E-state index < -0.39 is 86.8 Å². The van der Waals surface area contributed by atoms with Gasteiger partial charge in [0.05, 0.1) is 32.0 Å². The molecule has 1 amide bonds. The van der Waals surface area contributed by atoms with Gasteiger partial charge in [0.1, 0.15) is 48.8 Å². The maximum atomic E-state index is 13.4. The molecule has 512 valence electrons. The first-order valence-corrected chi connectivity index (χ1v) is 37.3. The van der Waals surface area contributed by atoms with Crippen LogP contribution in [0.2, 0.25) is 0 Å². The zero-order chi connectivity index (χ0) is 62.3. The van der Waals surface area contributed by atoms with Gasteiger partial charge in [-0.15, -0.1) is 0 Å². The van der Waals surface area contributed by atoms with Crippen molar-refractivity contribution in [2.75, 3.05) is 19.8 Å². The molecule has 2 fully saturated rings. The number of hydrogen-bond acceptors (Lipinski definition) is 13. The van der Waals surface area contributed by atoms with Crippen LogP contribution in [-0.2, 0) is 23.7 Å². The smallest absolute Gasteiger partial charge is 0.220 e. The summed E-state index contributed by atoms with van der Waals surface area (Å²) in [6.45, 7) is 2.93. The number of carbonyl (C=O) groups is 1. The fourth-order valence-electron chi connectivity index (χ4n) is 12.9. The number of aliphatic hydroxyl groups is 8. The number of nitrogens with one attached hydrogen (secondary N) is 1. The van der Waals surface area contributed by atoms with E-state index >= 15 is 0 Å². The standard InChI is InChI=1S/C72H141NO13/c1-3-5-7-9-11-13-15-17-19-21-23-24-25-26-27-28-29-30-31-32-33-34-35-36-38-40-42-44-46-48-50-52-54-56-64(77)73-60(61(76)55-53-51-49-47-45-43-41-39-37-22-20-18-16-14-12-10-8-6-4-2)59-83-71-69(82)67(80)70(63(58-75)85-71)86-72-68(81)66(79)65(78)62(57-74)84-72/h60-63,65-72,74-76,78-82H,3-59H2,1-2H3,(H,73,77). The zero-order valence-electron chi connectivity index (χ0n) is 55.9. The van der Waals surface area contributed by atoms with E-state index in [0.29, 0.717) is 12.8 Å². The second kappa shape index (κ2) is 57.9. The molecule has 0 aromatic heterocycles. The van der Waals surface area contributed by atoms with Crippen molar-refractivity contribution in [1.82, 2.24) is 5.32 Å². The minimum absolute atomic E-state index is 0.196. The second-order valence-electron chi connectivity index (χ2n) is 26.8.